The summed E-state index contributed by atoms with van der Waals surface area (Å²) in [6.45, 7) is 0. The van der Waals surface area contributed by atoms with Crippen LogP contribution in [0.4, 0.5) is 16.2 Å². The van der Waals surface area contributed by atoms with E-state index in [9.17, 15) is 9.90 Å². The molecular formula is C7H8ClN3O2. The molecule has 0 aromatic heterocycles. The zero-order valence-corrected chi connectivity index (χ0v) is 7.30. The number of amides is 2. The fraction of sp³-hybridized carbons (Fsp3) is 0. The monoisotopic (exact) mass is 201 g/mol. The van der Waals surface area contributed by atoms with E-state index in [1.807, 2.05) is 0 Å². The Morgan fingerprint density at radius 2 is 2.15 bits per heavy atom. The van der Waals surface area contributed by atoms with Gasteiger partial charge in [-0.3, -0.25) is 0 Å². The van der Waals surface area contributed by atoms with Gasteiger partial charge in [-0.2, -0.15) is 0 Å². The quantitative estimate of drug-likeness (QED) is 0.405. The van der Waals surface area contributed by atoms with Gasteiger partial charge in [-0.1, -0.05) is 11.6 Å². The molecule has 1 aromatic rings. The number of nitrogen functional groups attached to an aromatic ring is 1. The van der Waals surface area contributed by atoms with Crippen molar-refractivity contribution in [2.24, 2.45) is 5.73 Å². The van der Waals surface area contributed by atoms with Gasteiger partial charge in [0.15, 0.2) is 0 Å². The maximum absolute atomic E-state index is 10.4. The highest BCUT2D eigenvalue weighted by atomic mass is 35.5. The van der Waals surface area contributed by atoms with E-state index in [0.29, 0.717) is 0 Å². The summed E-state index contributed by atoms with van der Waals surface area (Å²) in [7, 11) is 0. The number of benzene rings is 1. The average Bonchev–Trinajstić information content (AvgIpc) is 1.99. The van der Waals surface area contributed by atoms with E-state index in [0.717, 1.165) is 0 Å². The van der Waals surface area contributed by atoms with Crippen molar-refractivity contribution in [1.29, 1.82) is 0 Å². The lowest BCUT2D eigenvalue weighted by atomic mass is 10.2. The van der Waals surface area contributed by atoms with E-state index in [-0.39, 0.29) is 22.1 Å². The fourth-order valence-electron chi connectivity index (χ4n) is 0.811. The molecule has 0 aliphatic heterocycles. The molecule has 0 fully saturated rings. The van der Waals surface area contributed by atoms with Crippen LogP contribution in [-0.4, -0.2) is 11.1 Å². The fourth-order valence-corrected chi connectivity index (χ4v) is 0.974. The summed E-state index contributed by atoms with van der Waals surface area (Å²) < 4.78 is 0. The summed E-state index contributed by atoms with van der Waals surface area (Å²) in [6, 6.07) is 1.76. The number of hydrogen-bond acceptors (Lipinski definition) is 3. The molecular weight excluding hydrogens is 194 g/mol. The van der Waals surface area contributed by atoms with Gasteiger partial charge in [0.05, 0.1) is 16.4 Å². The standard InChI is InChI=1S/C7H8ClN3O2/c8-3-1-5(11-7(10)13)6(12)2-4(3)9/h1-2,12H,9H2,(H3,10,11,13). The lowest BCUT2D eigenvalue weighted by Gasteiger charge is -2.06. The Labute approximate surface area is 79.3 Å². The van der Waals surface area contributed by atoms with Gasteiger partial charge in [-0.15, -0.1) is 0 Å². The normalized spacial score (nSPS) is 9.62. The van der Waals surface area contributed by atoms with Crippen LogP contribution in [0, 0.1) is 0 Å². The summed E-state index contributed by atoms with van der Waals surface area (Å²) in [4.78, 5) is 10.4. The number of hydrogen-bond donors (Lipinski definition) is 4. The van der Waals surface area contributed by atoms with Crippen molar-refractivity contribution in [3.05, 3.63) is 17.2 Å². The van der Waals surface area contributed by atoms with E-state index in [1.54, 1.807) is 0 Å². The van der Waals surface area contributed by atoms with Gasteiger partial charge in [0, 0.05) is 6.07 Å². The maximum atomic E-state index is 10.4. The number of nitrogens with one attached hydrogen (secondary N) is 1. The van der Waals surface area contributed by atoms with Gasteiger partial charge in [0.25, 0.3) is 0 Å². The molecule has 1 rings (SSSR count). The van der Waals surface area contributed by atoms with Gasteiger partial charge in [0.1, 0.15) is 5.75 Å². The van der Waals surface area contributed by atoms with Crippen molar-refractivity contribution in [3.8, 4) is 5.75 Å². The highest BCUT2D eigenvalue weighted by molar-refractivity contribution is 6.33. The van der Waals surface area contributed by atoms with Crippen LogP contribution < -0.4 is 16.8 Å². The van der Waals surface area contributed by atoms with Gasteiger partial charge in [-0.05, 0) is 6.07 Å². The predicted octanol–water partition coefficient (Wildman–Crippen LogP) is 1.12. The number of halogens is 1. The first kappa shape index (κ1) is 9.47. The number of urea groups is 1. The van der Waals surface area contributed by atoms with Crippen LogP contribution >= 0.6 is 11.6 Å². The first-order valence-corrected chi connectivity index (χ1v) is 3.73. The van der Waals surface area contributed by atoms with E-state index in [1.165, 1.54) is 12.1 Å². The number of anilines is 2. The Kier molecular flexibility index (Phi) is 2.48. The summed E-state index contributed by atoms with van der Waals surface area (Å²) >= 11 is 5.64. The largest absolute Gasteiger partial charge is 0.506 e. The van der Waals surface area contributed by atoms with Crippen molar-refractivity contribution in [1.82, 2.24) is 0 Å². The minimum absolute atomic E-state index is 0.131. The van der Waals surface area contributed by atoms with Gasteiger partial charge < -0.3 is 21.9 Å². The Balaban J connectivity index is 3.08. The maximum Gasteiger partial charge on any atom is 0.316 e. The zero-order valence-electron chi connectivity index (χ0n) is 6.54. The minimum Gasteiger partial charge on any atom is -0.506 e. The molecule has 0 spiro atoms. The van der Waals surface area contributed by atoms with Crippen molar-refractivity contribution in [2.45, 2.75) is 0 Å². The van der Waals surface area contributed by atoms with Crippen LogP contribution in [0.1, 0.15) is 0 Å². The number of primary amides is 1. The molecule has 13 heavy (non-hydrogen) atoms. The molecule has 70 valence electrons. The second-order valence-corrected chi connectivity index (χ2v) is 2.79. The van der Waals surface area contributed by atoms with Crippen molar-refractivity contribution < 1.29 is 9.90 Å². The molecule has 6 N–H and O–H groups in total. The van der Waals surface area contributed by atoms with Crippen molar-refractivity contribution in [3.63, 3.8) is 0 Å². The van der Waals surface area contributed by atoms with Crippen molar-refractivity contribution >= 4 is 29.0 Å². The predicted molar refractivity (Wildman–Crippen MR) is 50.7 cm³/mol. The second-order valence-electron chi connectivity index (χ2n) is 2.38. The highest BCUT2D eigenvalue weighted by Crippen LogP contribution is 2.31. The summed E-state index contributed by atoms with van der Waals surface area (Å²) in [5.41, 5.74) is 10.6. The minimum atomic E-state index is -0.781. The van der Waals surface area contributed by atoms with E-state index >= 15 is 0 Å². The number of aromatic hydroxyl groups is 1. The van der Waals surface area contributed by atoms with Crippen molar-refractivity contribution in [2.75, 3.05) is 11.1 Å². The molecule has 6 heteroatoms. The third-order valence-corrected chi connectivity index (χ3v) is 1.70. The number of phenolic OH excluding ortho intramolecular Hbond substituents is 1. The van der Waals surface area contributed by atoms with Gasteiger partial charge in [-0.25, -0.2) is 4.79 Å². The molecule has 0 bridgehead atoms. The van der Waals surface area contributed by atoms with Crippen LogP contribution in [-0.2, 0) is 0 Å². The first-order chi connectivity index (χ1) is 6.00. The molecule has 2 amide bonds. The Morgan fingerprint density at radius 1 is 1.54 bits per heavy atom. The molecule has 0 aliphatic carbocycles. The highest BCUT2D eigenvalue weighted by Gasteiger charge is 2.06. The van der Waals surface area contributed by atoms with Gasteiger partial charge in [0.2, 0.25) is 0 Å². The molecule has 0 unspecified atom stereocenters. The molecule has 1 aromatic carbocycles. The van der Waals surface area contributed by atoms with E-state index in [4.69, 9.17) is 23.1 Å². The molecule has 0 radical (unpaired) electrons. The average molecular weight is 202 g/mol. The molecule has 0 atom stereocenters. The summed E-state index contributed by atoms with van der Waals surface area (Å²) in [6.07, 6.45) is 0. The zero-order chi connectivity index (χ0) is 10.0. The Hall–Kier alpha value is -1.62. The summed E-state index contributed by atoms with van der Waals surface area (Å²) in [5, 5.41) is 11.7. The Bertz CT molecular complexity index is 354. The number of carbonyl (C=O) groups is 1. The number of rotatable bonds is 1. The number of carbonyl (C=O) groups excluding carboxylic acids is 1. The van der Waals surface area contributed by atoms with Crippen LogP contribution in [0.3, 0.4) is 0 Å². The number of phenols is 1. The van der Waals surface area contributed by atoms with Gasteiger partial charge >= 0.3 is 6.03 Å². The topological polar surface area (TPSA) is 101 Å². The lowest BCUT2D eigenvalue weighted by Crippen LogP contribution is -2.19. The SMILES string of the molecule is NC(=O)Nc1cc(Cl)c(N)cc1O. The first-order valence-electron chi connectivity index (χ1n) is 3.35. The van der Waals surface area contributed by atoms with Crippen LogP contribution in [0.2, 0.25) is 5.02 Å². The summed E-state index contributed by atoms with van der Waals surface area (Å²) in [5.74, 6) is -0.180. The molecule has 0 saturated heterocycles. The Morgan fingerprint density at radius 3 is 2.69 bits per heavy atom. The third kappa shape index (κ3) is 2.16. The van der Waals surface area contributed by atoms with Crippen LogP contribution in [0.5, 0.6) is 5.75 Å². The molecule has 0 saturated carbocycles. The van der Waals surface area contributed by atoms with Crippen LogP contribution in [0.15, 0.2) is 12.1 Å². The van der Waals surface area contributed by atoms with E-state index < -0.39 is 6.03 Å². The molecule has 0 heterocycles. The second kappa shape index (κ2) is 3.40. The van der Waals surface area contributed by atoms with E-state index in [2.05, 4.69) is 5.32 Å². The molecule has 5 nitrogen and oxygen atoms in total. The third-order valence-electron chi connectivity index (χ3n) is 1.37. The smallest absolute Gasteiger partial charge is 0.316 e. The molecule has 0 aliphatic rings. The van der Waals surface area contributed by atoms with Crippen LogP contribution in [0.25, 0.3) is 0 Å². The number of nitrogens with two attached hydrogens (primary N) is 2. The lowest BCUT2D eigenvalue weighted by molar-refractivity contribution is 0.259.